The van der Waals surface area contributed by atoms with Gasteiger partial charge in [-0.25, -0.2) is 0 Å². The summed E-state index contributed by atoms with van der Waals surface area (Å²) >= 11 is 4.26. The monoisotopic (exact) mass is 464 g/mol. The van der Waals surface area contributed by atoms with E-state index in [1.165, 1.54) is 0 Å². The molecule has 0 aliphatic carbocycles. The molecule has 1 aromatic heterocycles. The van der Waals surface area contributed by atoms with Crippen LogP contribution in [0.2, 0.25) is 0 Å². The van der Waals surface area contributed by atoms with Crippen molar-refractivity contribution in [2.75, 3.05) is 0 Å². The molecular formula is C22H13BrN2O3S. The fourth-order valence-electron chi connectivity index (χ4n) is 2.90. The van der Waals surface area contributed by atoms with Gasteiger partial charge in [0.15, 0.2) is 0 Å². The molecule has 1 aliphatic rings. The van der Waals surface area contributed by atoms with Crippen molar-refractivity contribution in [2.24, 2.45) is 0 Å². The first-order chi connectivity index (χ1) is 14.0. The Morgan fingerprint density at radius 2 is 1.83 bits per heavy atom. The molecule has 2 amide bonds. The number of nitriles is 1. The summed E-state index contributed by atoms with van der Waals surface area (Å²) in [5.74, 6) is 0.770. The Bertz CT molecular complexity index is 1180. The lowest BCUT2D eigenvalue weighted by atomic mass is 10.1. The highest BCUT2D eigenvalue weighted by atomic mass is 79.9. The molecular weight excluding hydrogens is 452 g/mol. The van der Waals surface area contributed by atoms with Crippen molar-refractivity contribution >= 4 is 44.9 Å². The third-order valence-electron chi connectivity index (χ3n) is 4.37. The van der Waals surface area contributed by atoms with Crippen LogP contribution in [0.3, 0.4) is 0 Å². The molecule has 7 heteroatoms. The van der Waals surface area contributed by atoms with Crippen LogP contribution in [-0.2, 0) is 11.3 Å². The average Bonchev–Trinajstić information content (AvgIpc) is 3.29. The van der Waals surface area contributed by atoms with Gasteiger partial charge in [0.05, 0.1) is 23.1 Å². The number of hydrogen-bond donors (Lipinski definition) is 0. The number of halogens is 1. The SMILES string of the molecule is N#Cc1ccccc1CN1C(=O)S/C(=C/c2ccc(-c3ccc(Br)cc3)o2)C1=O. The van der Waals surface area contributed by atoms with E-state index in [2.05, 4.69) is 22.0 Å². The first kappa shape index (κ1) is 19.2. The number of benzene rings is 2. The van der Waals surface area contributed by atoms with Crippen molar-refractivity contribution in [3.8, 4) is 17.4 Å². The molecule has 4 rings (SSSR count). The van der Waals surface area contributed by atoms with E-state index in [9.17, 15) is 14.9 Å². The molecule has 0 spiro atoms. The van der Waals surface area contributed by atoms with Crippen molar-refractivity contribution in [1.29, 1.82) is 5.26 Å². The summed E-state index contributed by atoms with van der Waals surface area (Å²) in [6.45, 7) is 0.0635. The van der Waals surface area contributed by atoms with E-state index in [1.54, 1.807) is 36.4 Å². The van der Waals surface area contributed by atoms with Gasteiger partial charge in [0, 0.05) is 16.1 Å². The second kappa shape index (κ2) is 8.11. The van der Waals surface area contributed by atoms with Crippen molar-refractivity contribution < 1.29 is 14.0 Å². The van der Waals surface area contributed by atoms with Crippen molar-refractivity contribution in [2.45, 2.75) is 6.54 Å². The molecule has 1 aliphatic heterocycles. The van der Waals surface area contributed by atoms with Crippen LogP contribution in [0, 0.1) is 11.3 Å². The van der Waals surface area contributed by atoms with Gasteiger partial charge in [0.2, 0.25) is 0 Å². The third-order valence-corrected chi connectivity index (χ3v) is 5.80. The van der Waals surface area contributed by atoms with E-state index in [1.807, 2.05) is 30.3 Å². The lowest BCUT2D eigenvalue weighted by Gasteiger charge is -2.13. The van der Waals surface area contributed by atoms with Gasteiger partial charge in [-0.2, -0.15) is 5.26 Å². The van der Waals surface area contributed by atoms with Crippen LogP contribution in [0.15, 0.2) is 74.5 Å². The summed E-state index contributed by atoms with van der Waals surface area (Å²) in [4.78, 5) is 26.5. The van der Waals surface area contributed by atoms with E-state index in [0.717, 1.165) is 26.7 Å². The molecule has 5 nitrogen and oxygen atoms in total. The normalized spacial score (nSPS) is 15.2. The molecule has 0 radical (unpaired) electrons. The molecule has 3 aromatic rings. The zero-order valence-corrected chi connectivity index (χ0v) is 17.4. The molecule has 0 bridgehead atoms. The predicted molar refractivity (Wildman–Crippen MR) is 115 cm³/mol. The summed E-state index contributed by atoms with van der Waals surface area (Å²) < 4.78 is 6.79. The number of rotatable bonds is 4. The minimum Gasteiger partial charge on any atom is -0.457 e. The lowest BCUT2D eigenvalue weighted by Crippen LogP contribution is -2.27. The van der Waals surface area contributed by atoms with E-state index in [-0.39, 0.29) is 11.8 Å². The highest BCUT2D eigenvalue weighted by Gasteiger charge is 2.35. The minimum atomic E-state index is -0.394. The summed E-state index contributed by atoms with van der Waals surface area (Å²) in [5.41, 5.74) is 1.99. The van der Waals surface area contributed by atoms with E-state index in [0.29, 0.717) is 27.6 Å². The van der Waals surface area contributed by atoms with Crippen molar-refractivity contribution in [3.63, 3.8) is 0 Å². The second-order valence-electron chi connectivity index (χ2n) is 6.25. The molecule has 0 atom stereocenters. The number of carbonyl (C=O) groups is 2. The average molecular weight is 465 g/mol. The van der Waals surface area contributed by atoms with Gasteiger partial charge in [0.1, 0.15) is 11.5 Å². The number of imide groups is 1. The van der Waals surface area contributed by atoms with Crippen LogP contribution in [0.25, 0.3) is 17.4 Å². The fraction of sp³-hybridized carbons (Fsp3) is 0.0455. The molecule has 0 N–H and O–H groups in total. The van der Waals surface area contributed by atoms with E-state index in [4.69, 9.17) is 4.42 Å². The molecule has 1 saturated heterocycles. The summed E-state index contributed by atoms with van der Waals surface area (Å²) in [5, 5.41) is 8.85. The van der Waals surface area contributed by atoms with Gasteiger partial charge in [0.25, 0.3) is 11.1 Å². The Morgan fingerprint density at radius 3 is 2.59 bits per heavy atom. The minimum absolute atomic E-state index is 0.0635. The Labute approximate surface area is 179 Å². The second-order valence-corrected chi connectivity index (χ2v) is 8.15. The van der Waals surface area contributed by atoms with Gasteiger partial charge >= 0.3 is 0 Å². The molecule has 1 fully saturated rings. The van der Waals surface area contributed by atoms with Crippen molar-refractivity contribution in [3.05, 3.63) is 86.9 Å². The highest BCUT2D eigenvalue weighted by Crippen LogP contribution is 2.34. The van der Waals surface area contributed by atoms with Gasteiger partial charge in [-0.1, -0.05) is 46.3 Å². The van der Waals surface area contributed by atoms with Gasteiger partial charge in [-0.15, -0.1) is 0 Å². The molecule has 0 unspecified atom stereocenters. The fourth-order valence-corrected chi connectivity index (χ4v) is 3.99. The first-order valence-corrected chi connectivity index (χ1v) is 10.3. The highest BCUT2D eigenvalue weighted by molar-refractivity contribution is 9.10. The third kappa shape index (κ3) is 4.04. The first-order valence-electron chi connectivity index (χ1n) is 8.64. The Balaban J connectivity index is 1.55. The number of nitrogens with zero attached hydrogens (tertiary/aromatic N) is 2. The summed E-state index contributed by atoms with van der Waals surface area (Å²) in [6.07, 6.45) is 1.57. The molecule has 0 saturated carbocycles. The standard InChI is InChI=1S/C22H13BrN2O3S/c23-17-7-5-14(6-8-17)19-10-9-18(28-19)11-20-21(26)25(22(27)29-20)13-16-4-2-1-3-15(16)12-24/h1-11H,13H2/b20-11+. The number of furan rings is 1. The van der Waals surface area contributed by atoms with Gasteiger partial charge in [-0.3, -0.25) is 14.5 Å². The molecule has 2 aromatic carbocycles. The quantitative estimate of drug-likeness (QED) is 0.454. The van der Waals surface area contributed by atoms with Crippen LogP contribution < -0.4 is 0 Å². The number of hydrogen-bond acceptors (Lipinski definition) is 5. The Morgan fingerprint density at radius 1 is 1.07 bits per heavy atom. The maximum absolute atomic E-state index is 12.7. The van der Waals surface area contributed by atoms with Gasteiger partial charge in [-0.05, 0) is 47.7 Å². The van der Waals surface area contributed by atoms with Crippen LogP contribution >= 0.6 is 27.7 Å². The largest absolute Gasteiger partial charge is 0.457 e. The number of amides is 2. The maximum atomic E-state index is 12.7. The molecule has 29 heavy (non-hydrogen) atoms. The zero-order chi connectivity index (χ0) is 20.4. The Kier molecular flexibility index (Phi) is 5.38. The topological polar surface area (TPSA) is 74.3 Å². The lowest BCUT2D eigenvalue weighted by molar-refractivity contribution is -0.123. The molecule has 2 heterocycles. The number of carbonyl (C=O) groups excluding carboxylic acids is 2. The van der Waals surface area contributed by atoms with Crippen molar-refractivity contribution in [1.82, 2.24) is 4.90 Å². The van der Waals surface area contributed by atoms with E-state index >= 15 is 0 Å². The smallest absolute Gasteiger partial charge is 0.293 e. The van der Waals surface area contributed by atoms with Crippen LogP contribution in [0.4, 0.5) is 4.79 Å². The maximum Gasteiger partial charge on any atom is 0.293 e. The number of thioether (sulfide) groups is 1. The van der Waals surface area contributed by atoms with E-state index < -0.39 is 5.91 Å². The zero-order valence-electron chi connectivity index (χ0n) is 15.0. The predicted octanol–water partition coefficient (Wildman–Crippen LogP) is 5.82. The molecule has 142 valence electrons. The summed E-state index contributed by atoms with van der Waals surface area (Å²) in [7, 11) is 0. The van der Waals surface area contributed by atoms with Crippen LogP contribution in [0.5, 0.6) is 0 Å². The van der Waals surface area contributed by atoms with Gasteiger partial charge < -0.3 is 4.42 Å². The Hall–Kier alpha value is -3.08. The summed E-state index contributed by atoms with van der Waals surface area (Å²) in [6, 6.07) is 20.3. The van der Waals surface area contributed by atoms with Crippen LogP contribution in [-0.4, -0.2) is 16.0 Å². The van der Waals surface area contributed by atoms with Crippen LogP contribution in [0.1, 0.15) is 16.9 Å².